The van der Waals surface area contributed by atoms with Crippen molar-refractivity contribution in [2.24, 2.45) is 0 Å². The fourth-order valence-electron chi connectivity index (χ4n) is 1.63. The van der Waals surface area contributed by atoms with Gasteiger partial charge in [-0.05, 0) is 18.2 Å². The van der Waals surface area contributed by atoms with E-state index in [1.165, 1.54) is 0 Å². The molecule has 2 heterocycles. The first-order chi connectivity index (χ1) is 7.83. The summed E-state index contributed by atoms with van der Waals surface area (Å²) in [5, 5.41) is 16.4. The Labute approximate surface area is 92.1 Å². The number of hydrogen-bond donors (Lipinski definition) is 2. The summed E-state index contributed by atoms with van der Waals surface area (Å²) < 4.78 is 5.16. The molecule has 0 radical (unpaired) electrons. The maximum atomic E-state index is 9.35. The van der Waals surface area contributed by atoms with Crippen LogP contribution >= 0.6 is 0 Å². The molecule has 0 aliphatic carbocycles. The van der Waals surface area contributed by atoms with E-state index in [1.807, 2.05) is 6.07 Å². The van der Waals surface area contributed by atoms with Crippen LogP contribution in [-0.2, 0) is 0 Å². The highest BCUT2D eigenvalue weighted by Crippen LogP contribution is 2.24. The Kier molecular flexibility index (Phi) is 2.11. The molecule has 5 nitrogen and oxygen atoms in total. The first-order valence-electron chi connectivity index (χ1n) is 5.16. The van der Waals surface area contributed by atoms with Gasteiger partial charge in [0, 0.05) is 24.6 Å². The number of phenols is 1. The van der Waals surface area contributed by atoms with Crippen LogP contribution in [0, 0.1) is 0 Å². The summed E-state index contributed by atoms with van der Waals surface area (Å²) in [7, 11) is 0. The van der Waals surface area contributed by atoms with Crippen molar-refractivity contribution in [1.29, 1.82) is 0 Å². The molecule has 5 heteroatoms. The van der Waals surface area contributed by atoms with Crippen molar-refractivity contribution in [2.45, 2.75) is 5.92 Å². The number of rotatable bonds is 2. The van der Waals surface area contributed by atoms with E-state index in [1.54, 1.807) is 18.2 Å². The Bertz CT molecular complexity index is 505. The van der Waals surface area contributed by atoms with Crippen molar-refractivity contribution >= 4 is 0 Å². The van der Waals surface area contributed by atoms with Crippen molar-refractivity contribution in [3.05, 3.63) is 30.1 Å². The minimum atomic E-state index is 0.197. The standard InChI is InChI=1S/C11H11N3O2/c15-9-3-1-2-7(4-9)11-13-10(14-16-11)8-5-12-6-8/h1-4,8,12,15H,5-6H2. The molecule has 0 unspecified atom stereocenters. The lowest BCUT2D eigenvalue weighted by Crippen LogP contribution is -2.40. The van der Waals surface area contributed by atoms with Crippen LogP contribution in [-0.4, -0.2) is 28.3 Å². The van der Waals surface area contributed by atoms with Crippen molar-refractivity contribution < 1.29 is 9.63 Å². The van der Waals surface area contributed by atoms with E-state index in [0.29, 0.717) is 11.8 Å². The highest BCUT2D eigenvalue weighted by Gasteiger charge is 2.24. The van der Waals surface area contributed by atoms with Gasteiger partial charge in [0.2, 0.25) is 0 Å². The summed E-state index contributed by atoms with van der Waals surface area (Å²) in [5.41, 5.74) is 0.742. The normalized spacial score (nSPS) is 16.0. The summed E-state index contributed by atoms with van der Waals surface area (Å²) in [6.07, 6.45) is 0. The predicted molar refractivity (Wildman–Crippen MR) is 57.0 cm³/mol. The first kappa shape index (κ1) is 9.35. The van der Waals surface area contributed by atoms with E-state index in [0.717, 1.165) is 24.5 Å². The van der Waals surface area contributed by atoms with Crippen LogP contribution < -0.4 is 5.32 Å². The van der Waals surface area contributed by atoms with Gasteiger partial charge in [-0.25, -0.2) is 0 Å². The molecule has 0 amide bonds. The van der Waals surface area contributed by atoms with Gasteiger partial charge >= 0.3 is 0 Å². The zero-order chi connectivity index (χ0) is 11.0. The molecular formula is C11H11N3O2. The van der Waals surface area contributed by atoms with Crippen LogP contribution in [0.3, 0.4) is 0 Å². The molecule has 1 aliphatic heterocycles. The Morgan fingerprint density at radius 2 is 2.25 bits per heavy atom. The third kappa shape index (κ3) is 1.55. The average molecular weight is 217 g/mol. The maximum absolute atomic E-state index is 9.35. The number of phenolic OH excluding ortho intramolecular Hbond substituents is 1. The molecule has 0 spiro atoms. The quantitative estimate of drug-likeness (QED) is 0.789. The Balaban J connectivity index is 1.91. The van der Waals surface area contributed by atoms with Gasteiger partial charge in [0.05, 0.1) is 0 Å². The van der Waals surface area contributed by atoms with Gasteiger partial charge in [0.1, 0.15) is 5.75 Å². The third-order valence-corrected chi connectivity index (χ3v) is 2.68. The number of nitrogens with zero attached hydrogens (tertiary/aromatic N) is 2. The molecule has 82 valence electrons. The summed E-state index contributed by atoms with van der Waals surface area (Å²) in [6.45, 7) is 1.80. The van der Waals surface area contributed by atoms with Crippen LogP contribution in [0.1, 0.15) is 11.7 Å². The number of hydrogen-bond acceptors (Lipinski definition) is 5. The first-order valence-corrected chi connectivity index (χ1v) is 5.16. The molecule has 16 heavy (non-hydrogen) atoms. The van der Waals surface area contributed by atoms with E-state index in [9.17, 15) is 5.11 Å². The van der Waals surface area contributed by atoms with E-state index < -0.39 is 0 Å². The van der Waals surface area contributed by atoms with Gasteiger partial charge in [-0.15, -0.1) is 0 Å². The van der Waals surface area contributed by atoms with E-state index in [2.05, 4.69) is 15.5 Å². The average Bonchev–Trinajstić information content (AvgIpc) is 2.64. The second-order valence-electron chi connectivity index (χ2n) is 3.86. The fourth-order valence-corrected chi connectivity index (χ4v) is 1.63. The Morgan fingerprint density at radius 3 is 2.94 bits per heavy atom. The van der Waals surface area contributed by atoms with E-state index in [4.69, 9.17) is 4.52 Å². The lowest BCUT2D eigenvalue weighted by molar-refractivity contribution is 0.382. The van der Waals surface area contributed by atoms with E-state index in [-0.39, 0.29) is 5.75 Å². The number of nitrogens with one attached hydrogen (secondary N) is 1. The summed E-state index contributed by atoms with van der Waals surface area (Å²) in [4.78, 5) is 4.31. The molecule has 1 aromatic carbocycles. The smallest absolute Gasteiger partial charge is 0.258 e. The summed E-state index contributed by atoms with van der Waals surface area (Å²) >= 11 is 0. The molecule has 1 saturated heterocycles. The fraction of sp³-hybridized carbons (Fsp3) is 0.273. The highest BCUT2D eigenvalue weighted by atomic mass is 16.5. The molecule has 0 saturated carbocycles. The molecule has 2 aromatic rings. The monoisotopic (exact) mass is 217 g/mol. The van der Waals surface area contributed by atoms with Gasteiger partial charge in [-0.3, -0.25) is 0 Å². The molecule has 0 bridgehead atoms. The van der Waals surface area contributed by atoms with Gasteiger partial charge in [0.25, 0.3) is 5.89 Å². The maximum Gasteiger partial charge on any atom is 0.258 e. The highest BCUT2D eigenvalue weighted by molar-refractivity contribution is 5.55. The van der Waals surface area contributed by atoms with Crippen LogP contribution in [0.15, 0.2) is 28.8 Å². The number of aromatic hydroxyl groups is 1. The number of aromatic nitrogens is 2. The largest absolute Gasteiger partial charge is 0.508 e. The summed E-state index contributed by atoms with van der Waals surface area (Å²) in [6, 6.07) is 6.79. The molecule has 0 atom stereocenters. The predicted octanol–water partition coefficient (Wildman–Crippen LogP) is 1.13. The van der Waals surface area contributed by atoms with Crippen LogP contribution in [0.5, 0.6) is 5.75 Å². The topological polar surface area (TPSA) is 71.2 Å². The van der Waals surface area contributed by atoms with Gasteiger partial charge < -0.3 is 14.9 Å². The SMILES string of the molecule is Oc1cccc(-c2nc(C3CNC3)no2)c1. The van der Waals surface area contributed by atoms with Gasteiger partial charge in [-0.1, -0.05) is 11.2 Å². The third-order valence-electron chi connectivity index (χ3n) is 2.68. The molecule has 2 N–H and O–H groups in total. The summed E-state index contributed by atoms with van der Waals surface area (Å²) in [5.74, 6) is 1.74. The Hall–Kier alpha value is -1.88. The van der Waals surface area contributed by atoms with Crippen molar-refractivity contribution in [3.63, 3.8) is 0 Å². The van der Waals surface area contributed by atoms with E-state index >= 15 is 0 Å². The minimum absolute atomic E-state index is 0.197. The molecule has 1 aromatic heterocycles. The van der Waals surface area contributed by atoms with Crippen molar-refractivity contribution in [3.8, 4) is 17.2 Å². The van der Waals surface area contributed by atoms with Crippen LogP contribution in [0.2, 0.25) is 0 Å². The van der Waals surface area contributed by atoms with Gasteiger partial charge in [0.15, 0.2) is 5.82 Å². The second-order valence-corrected chi connectivity index (χ2v) is 3.86. The van der Waals surface area contributed by atoms with Crippen LogP contribution in [0.4, 0.5) is 0 Å². The minimum Gasteiger partial charge on any atom is -0.508 e. The number of benzene rings is 1. The zero-order valence-corrected chi connectivity index (χ0v) is 8.55. The Morgan fingerprint density at radius 1 is 1.38 bits per heavy atom. The lowest BCUT2D eigenvalue weighted by Gasteiger charge is -2.23. The second kappa shape index (κ2) is 3.61. The van der Waals surface area contributed by atoms with Crippen molar-refractivity contribution in [1.82, 2.24) is 15.5 Å². The molecule has 1 fully saturated rings. The molecule has 1 aliphatic rings. The van der Waals surface area contributed by atoms with Crippen LogP contribution in [0.25, 0.3) is 11.5 Å². The molecule has 3 rings (SSSR count). The molecular weight excluding hydrogens is 206 g/mol. The van der Waals surface area contributed by atoms with Crippen molar-refractivity contribution in [2.75, 3.05) is 13.1 Å². The zero-order valence-electron chi connectivity index (χ0n) is 8.55. The van der Waals surface area contributed by atoms with Gasteiger partial charge in [-0.2, -0.15) is 4.98 Å². The lowest BCUT2D eigenvalue weighted by atomic mass is 10.0.